The molecule has 0 fully saturated rings. The lowest BCUT2D eigenvalue weighted by molar-refractivity contribution is -0.136. The molecular formula is C7H9ClO3. The molecule has 0 aromatic rings. The van der Waals surface area contributed by atoms with Crippen LogP contribution >= 0.6 is 11.6 Å². The van der Waals surface area contributed by atoms with Gasteiger partial charge in [-0.15, -0.1) is 11.6 Å². The van der Waals surface area contributed by atoms with Crippen LogP contribution in [0.15, 0.2) is 5.57 Å². The Morgan fingerprint density at radius 3 is 2.64 bits per heavy atom. The number of methoxy groups -OCH3 is 1. The van der Waals surface area contributed by atoms with Crippen molar-refractivity contribution in [1.29, 1.82) is 0 Å². The lowest BCUT2D eigenvalue weighted by Crippen LogP contribution is -2.05. The molecule has 0 saturated heterocycles. The predicted octanol–water partition coefficient (Wildman–Crippen LogP) is 0.936. The van der Waals surface area contributed by atoms with Gasteiger partial charge in [-0.25, -0.2) is 9.59 Å². The van der Waals surface area contributed by atoms with Crippen molar-refractivity contribution >= 4 is 23.5 Å². The minimum atomic E-state index is -0.620. The molecule has 11 heavy (non-hydrogen) atoms. The lowest BCUT2D eigenvalue weighted by Gasteiger charge is -1.97. The number of halogens is 1. The molecule has 0 N–H and O–H groups in total. The van der Waals surface area contributed by atoms with Crippen LogP contribution in [0.1, 0.15) is 12.8 Å². The topological polar surface area (TPSA) is 43.4 Å². The summed E-state index contributed by atoms with van der Waals surface area (Å²) in [7, 11) is 1.22. The predicted molar refractivity (Wildman–Crippen MR) is 41.2 cm³/mol. The van der Waals surface area contributed by atoms with Crippen molar-refractivity contribution in [3.8, 4) is 0 Å². The van der Waals surface area contributed by atoms with E-state index in [1.165, 1.54) is 13.1 Å². The van der Waals surface area contributed by atoms with Crippen LogP contribution < -0.4 is 0 Å². The first-order chi connectivity index (χ1) is 5.26. The van der Waals surface area contributed by atoms with Gasteiger partial charge < -0.3 is 4.74 Å². The number of rotatable bonds is 4. The third-order valence-electron chi connectivity index (χ3n) is 1.12. The van der Waals surface area contributed by atoms with Gasteiger partial charge in [0.25, 0.3) is 0 Å². The summed E-state index contributed by atoms with van der Waals surface area (Å²) >= 11 is 5.36. The largest absolute Gasteiger partial charge is 0.465 e. The van der Waals surface area contributed by atoms with Gasteiger partial charge in [0, 0.05) is 5.88 Å². The summed E-state index contributed by atoms with van der Waals surface area (Å²) in [6, 6.07) is 0. The van der Waals surface area contributed by atoms with Crippen molar-refractivity contribution < 1.29 is 14.3 Å². The zero-order valence-electron chi connectivity index (χ0n) is 6.22. The van der Waals surface area contributed by atoms with E-state index in [0.29, 0.717) is 18.7 Å². The maximum atomic E-state index is 10.7. The van der Waals surface area contributed by atoms with Crippen LogP contribution in [0.3, 0.4) is 0 Å². The van der Waals surface area contributed by atoms with Crippen LogP contribution in [0.25, 0.3) is 0 Å². The van der Waals surface area contributed by atoms with Crippen LogP contribution in [0.5, 0.6) is 0 Å². The quantitative estimate of drug-likeness (QED) is 0.277. The summed E-state index contributed by atoms with van der Waals surface area (Å²) in [6.07, 6.45) is 0.918. The zero-order valence-corrected chi connectivity index (χ0v) is 6.98. The molecule has 4 heteroatoms. The molecule has 0 aromatic carbocycles. The number of hydrogen-bond donors (Lipinski definition) is 0. The Kier molecular flexibility index (Phi) is 5.53. The fourth-order valence-corrected chi connectivity index (χ4v) is 0.695. The van der Waals surface area contributed by atoms with E-state index in [9.17, 15) is 9.59 Å². The molecule has 0 aliphatic heterocycles. The van der Waals surface area contributed by atoms with E-state index in [1.54, 1.807) is 0 Å². The van der Waals surface area contributed by atoms with E-state index < -0.39 is 5.97 Å². The Morgan fingerprint density at radius 1 is 1.64 bits per heavy atom. The number of carbonyl (C=O) groups is 1. The molecule has 0 atom stereocenters. The molecular weight excluding hydrogens is 168 g/mol. The van der Waals surface area contributed by atoms with Crippen LogP contribution in [0.4, 0.5) is 0 Å². The third kappa shape index (κ3) is 3.81. The van der Waals surface area contributed by atoms with Crippen LogP contribution in [-0.2, 0) is 14.3 Å². The van der Waals surface area contributed by atoms with Gasteiger partial charge in [-0.3, -0.25) is 0 Å². The SMILES string of the molecule is COC(=O)C(=C=O)CCCCl. The van der Waals surface area contributed by atoms with Crippen molar-refractivity contribution in [2.24, 2.45) is 0 Å². The molecule has 62 valence electrons. The Morgan fingerprint density at radius 2 is 2.27 bits per heavy atom. The molecule has 0 spiro atoms. The van der Waals surface area contributed by atoms with Crippen LogP contribution in [-0.4, -0.2) is 24.9 Å². The lowest BCUT2D eigenvalue weighted by atomic mass is 10.2. The van der Waals surface area contributed by atoms with Gasteiger partial charge in [-0.05, 0) is 12.8 Å². The van der Waals surface area contributed by atoms with E-state index in [2.05, 4.69) is 4.74 Å². The first-order valence-corrected chi connectivity index (χ1v) is 3.68. The molecule has 0 aromatic heterocycles. The van der Waals surface area contributed by atoms with Crippen molar-refractivity contribution in [2.75, 3.05) is 13.0 Å². The number of hydrogen-bond acceptors (Lipinski definition) is 3. The van der Waals surface area contributed by atoms with E-state index in [1.807, 2.05) is 0 Å². The molecule has 0 heterocycles. The Balaban J connectivity index is 3.98. The minimum absolute atomic E-state index is 0.0214. The summed E-state index contributed by atoms with van der Waals surface area (Å²) in [5.74, 6) is 1.32. The highest BCUT2D eigenvalue weighted by Gasteiger charge is 2.09. The van der Waals surface area contributed by atoms with E-state index in [4.69, 9.17) is 11.6 Å². The summed E-state index contributed by atoms with van der Waals surface area (Å²) in [5, 5.41) is 0. The van der Waals surface area contributed by atoms with Gasteiger partial charge in [-0.2, -0.15) is 0 Å². The smallest absolute Gasteiger partial charge is 0.344 e. The maximum absolute atomic E-state index is 10.7. The molecule has 3 nitrogen and oxygen atoms in total. The first kappa shape index (κ1) is 10.2. The van der Waals surface area contributed by atoms with Gasteiger partial charge >= 0.3 is 5.97 Å². The van der Waals surface area contributed by atoms with Gasteiger partial charge in [-0.1, -0.05) is 0 Å². The van der Waals surface area contributed by atoms with Crippen molar-refractivity contribution in [3.63, 3.8) is 0 Å². The normalized spacial score (nSPS) is 8.55. The van der Waals surface area contributed by atoms with Crippen molar-refractivity contribution in [1.82, 2.24) is 0 Å². The highest BCUT2D eigenvalue weighted by atomic mass is 35.5. The van der Waals surface area contributed by atoms with Gasteiger partial charge in [0.1, 0.15) is 11.5 Å². The first-order valence-electron chi connectivity index (χ1n) is 3.14. The van der Waals surface area contributed by atoms with Crippen LogP contribution in [0.2, 0.25) is 0 Å². The molecule has 0 radical (unpaired) electrons. The molecule has 0 aliphatic rings. The highest BCUT2D eigenvalue weighted by molar-refractivity contribution is 6.17. The molecule has 0 amide bonds. The second kappa shape index (κ2) is 5.96. The number of ether oxygens (including phenoxy) is 1. The molecule has 0 unspecified atom stereocenters. The van der Waals surface area contributed by atoms with Crippen molar-refractivity contribution in [3.05, 3.63) is 5.57 Å². The van der Waals surface area contributed by atoms with Crippen LogP contribution in [0, 0.1) is 0 Å². The van der Waals surface area contributed by atoms with E-state index in [-0.39, 0.29) is 5.57 Å². The zero-order chi connectivity index (χ0) is 8.69. The third-order valence-corrected chi connectivity index (χ3v) is 1.38. The Hall–Kier alpha value is -0.790. The van der Waals surface area contributed by atoms with Gasteiger partial charge in [0.15, 0.2) is 0 Å². The second-order valence-corrected chi connectivity index (χ2v) is 2.24. The minimum Gasteiger partial charge on any atom is -0.465 e. The second-order valence-electron chi connectivity index (χ2n) is 1.86. The summed E-state index contributed by atoms with van der Waals surface area (Å²) in [5.41, 5.74) is 0.0214. The van der Waals surface area contributed by atoms with E-state index in [0.717, 1.165) is 0 Å². The Bertz CT molecular complexity index is 182. The average molecular weight is 177 g/mol. The standard InChI is InChI=1S/C7H9ClO3/c1-11-7(10)6(5-9)3-2-4-8/h2-4H2,1H3. The summed E-state index contributed by atoms with van der Waals surface area (Å²) in [6.45, 7) is 0. The summed E-state index contributed by atoms with van der Waals surface area (Å²) in [4.78, 5) is 20.8. The van der Waals surface area contributed by atoms with E-state index >= 15 is 0 Å². The average Bonchev–Trinajstić information content (AvgIpc) is 2.05. The van der Waals surface area contributed by atoms with Gasteiger partial charge in [0.2, 0.25) is 0 Å². The molecule has 0 rings (SSSR count). The highest BCUT2D eigenvalue weighted by Crippen LogP contribution is 2.03. The monoisotopic (exact) mass is 176 g/mol. The van der Waals surface area contributed by atoms with Crippen molar-refractivity contribution in [2.45, 2.75) is 12.8 Å². The number of carbonyl (C=O) groups excluding carboxylic acids is 2. The maximum Gasteiger partial charge on any atom is 0.344 e. The fourth-order valence-electron chi connectivity index (χ4n) is 0.562. The van der Waals surface area contributed by atoms with Gasteiger partial charge in [0.05, 0.1) is 7.11 Å². The molecule has 0 bridgehead atoms. The number of esters is 1. The number of alkyl halides is 1. The fraction of sp³-hybridized carbons (Fsp3) is 0.571. The summed E-state index contributed by atoms with van der Waals surface area (Å²) < 4.78 is 4.32. The Labute approximate surface area is 70.0 Å². The molecule has 0 saturated carbocycles. The molecule has 0 aliphatic carbocycles.